The summed E-state index contributed by atoms with van der Waals surface area (Å²) in [5.41, 5.74) is 0. The van der Waals surface area contributed by atoms with Crippen molar-refractivity contribution in [2.45, 2.75) is 388 Å². The summed E-state index contributed by atoms with van der Waals surface area (Å²) < 4.78 is 68.4. The first-order valence-corrected chi connectivity index (χ1v) is 40.9. The predicted octanol–water partition coefficient (Wildman–Crippen LogP) is 21.0. The van der Waals surface area contributed by atoms with Crippen LogP contribution < -0.4 is 0 Å². The molecule has 17 nitrogen and oxygen atoms in total. The zero-order chi connectivity index (χ0) is 68.0. The first-order chi connectivity index (χ1) is 44.3. The quantitative estimate of drug-likeness (QED) is 0.0222. The molecule has 0 radical (unpaired) electrons. The Morgan fingerprint density at radius 1 is 0.315 bits per heavy atom. The summed E-state index contributed by atoms with van der Waals surface area (Å²) in [7, 11) is -9.91. The molecule has 3 N–H and O–H groups in total. The van der Waals surface area contributed by atoms with Gasteiger partial charge in [0.25, 0.3) is 0 Å². The summed E-state index contributed by atoms with van der Waals surface area (Å²) in [5, 5.41) is 10.6. The number of carbonyl (C=O) groups excluding carboxylic acids is 4. The van der Waals surface area contributed by atoms with Crippen molar-refractivity contribution < 1.29 is 80.2 Å². The van der Waals surface area contributed by atoms with Gasteiger partial charge in [-0.1, -0.05) is 318 Å². The summed E-state index contributed by atoms with van der Waals surface area (Å²) in [5.74, 6) is 0.0662. The highest BCUT2D eigenvalue weighted by molar-refractivity contribution is 7.47. The summed E-state index contributed by atoms with van der Waals surface area (Å²) in [6.07, 6.45) is 48.8. The smallest absolute Gasteiger partial charge is 0.462 e. The number of phosphoric ester groups is 2. The number of phosphoric acid groups is 2. The molecule has 0 spiro atoms. The van der Waals surface area contributed by atoms with Crippen molar-refractivity contribution in [3.8, 4) is 0 Å². The van der Waals surface area contributed by atoms with E-state index in [9.17, 15) is 43.2 Å². The summed E-state index contributed by atoms with van der Waals surface area (Å²) in [6, 6.07) is 0. The van der Waals surface area contributed by atoms with E-state index in [1.54, 1.807) is 0 Å². The van der Waals surface area contributed by atoms with Crippen molar-refractivity contribution in [2.24, 2.45) is 17.8 Å². The SMILES string of the molecule is CCCCCCCCCCCCCCCCCCCCCC(=O)O[C@H](COC(=O)CCCCCCCCCCCC(C)C)COP(=O)(O)OC[C@@H](O)COP(=O)(O)OC[C@@H](COC(=O)CCCCCCCCC(C)C)OC(=O)CCCCCCCCCCC(C)CC. The highest BCUT2D eigenvalue weighted by atomic mass is 31.2. The maximum Gasteiger partial charge on any atom is 0.472 e. The van der Waals surface area contributed by atoms with Gasteiger partial charge in [-0.25, -0.2) is 9.13 Å². The van der Waals surface area contributed by atoms with Gasteiger partial charge < -0.3 is 33.8 Å². The Bertz CT molecular complexity index is 1800. The van der Waals surface area contributed by atoms with Crippen molar-refractivity contribution in [2.75, 3.05) is 39.6 Å². The Kier molecular flexibility index (Phi) is 62.4. The van der Waals surface area contributed by atoms with Crippen LogP contribution in [0.1, 0.15) is 370 Å². The van der Waals surface area contributed by atoms with Crippen molar-refractivity contribution in [3.05, 3.63) is 0 Å². The molecule has 0 aliphatic heterocycles. The number of esters is 4. The van der Waals surface area contributed by atoms with Crippen molar-refractivity contribution >= 4 is 39.5 Å². The molecule has 0 fully saturated rings. The number of rotatable bonds is 71. The van der Waals surface area contributed by atoms with Crippen LogP contribution in [0, 0.1) is 17.8 Å². The second-order valence-electron chi connectivity index (χ2n) is 27.5. The van der Waals surface area contributed by atoms with Gasteiger partial charge in [-0.2, -0.15) is 0 Å². The number of hydrogen-bond donors (Lipinski definition) is 3. The molecule has 0 saturated carbocycles. The molecular weight excluding hydrogens is 1210 g/mol. The third-order valence-electron chi connectivity index (χ3n) is 17.2. The zero-order valence-electron chi connectivity index (χ0n) is 60.0. The Morgan fingerprint density at radius 3 is 0.826 bits per heavy atom. The summed E-state index contributed by atoms with van der Waals surface area (Å²) >= 11 is 0. The number of aliphatic hydroxyl groups excluding tert-OH is 1. The Hall–Kier alpha value is -1.94. The minimum atomic E-state index is -4.95. The van der Waals surface area contributed by atoms with Crippen LogP contribution >= 0.6 is 15.6 Å². The molecule has 0 rings (SSSR count). The van der Waals surface area contributed by atoms with Gasteiger partial charge in [-0.05, 0) is 43.4 Å². The average Bonchev–Trinajstić information content (AvgIpc) is 3.73. The van der Waals surface area contributed by atoms with Gasteiger partial charge in [-0.3, -0.25) is 37.3 Å². The van der Waals surface area contributed by atoms with E-state index in [-0.39, 0.29) is 25.7 Å². The molecule has 6 atom stereocenters. The normalized spacial score (nSPS) is 14.4. The topological polar surface area (TPSA) is 237 Å². The maximum absolute atomic E-state index is 13.0. The molecule has 0 bridgehead atoms. The fourth-order valence-electron chi connectivity index (χ4n) is 11.0. The molecule has 3 unspecified atom stereocenters. The van der Waals surface area contributed by atoms with Gasteiger partial charge in [0.2, 0.25) is 0 Å². The van der Waals surface area contributed by atoms with Gasteiger partial charge in [0.15, 0.2) is 12.2 Å². The molecule has 0 aliphatic rings. The second-order valence-corrected chi connectivity index (χ2v) is 30.4. The number of hydrogen-bond acceptors (Lipinski definition) is 15. The standard InChI is InChI=1S/C73H142O17P2/c1-8-10-11-12-13-14-15-16-17-18-19-20-21-22-23-26-33-42-49-56-72(77)89-68(60-83-70(75)54-47-40-32-27-24-25-30-37-44-51-64(3)4)62-87-91(79,80)85-58-67(74)59-86-92(81,82)88-63-69(61-84-71(76)55-48-41-36-35-38-45-52-65(5)6)90-73(78)57-50-43-34-29-28-31-39-46-53-66(7)9-2/h64-69,74H,8-63H2,1-7H3,(H,79,80)(H,81,82)/t66?,67-,68-,69-/m1/s1. The van der Waals surface area contributed by atoms with Crippen molar-refractivity contribution in [3.63, 3.8) is 0 Å². The average molecular weight is 1350 g/mol. The van der Waals surface area contributed by atoms with Gasteiger partial charge in [0.05, 0.1) is 26.4 Å². The highest BCUT2D eigenvalue weighted by Gasteiger charge is 2.30. The summed E-state index contributed by atoms with van der Waals surface area (Å²) in [6.45, 7) is 11.8. The lowest BCUT2D eigenvalue weighted by Crippen LogP contribution is -2.30. The monoisotopic (exact) mass is 1350 g/mol. The minimum absolute atomic E-state index is 0.104. The third kappa shape index (κ3) is 65.4. The molecule has 0 aromatic carbocycles. The predicted molar refractivity (Wildman–Crippen MR) is 372 cm³/mol. The second kappa shape index (κ2) is 63.8. The van der Waals surface area contributed by atoms with E-state index < -0.39 is 97.5 Å². The fourth-order valence-corrected chi connectivity index (χ4v) is 12.6. The molecule has 0 saturated heterocycles. The van der Waals surface area contributed by atoms with Crippen LogP contribution in [0.5, 0.6) is 0 Å². The van der Waals surface area contributed by atoms with E-state index >= 15 is 0 Å². The molecule has 92 heavy (non-hydrogen) atoms. The molecule has 0 aromatic heterocycles. The lowest BCUT2D eigenvalue weighted by atomic mass is 9.99. The molecule has 546 valence electrons. The highest BCUT2D eigenvalue weighted by Crippen LogP contribution is 2.45. The van der Waals surface area contributed by atoms with Crippen molar-refractivity contribution in [1.29, 1.82) is 0 Å². The number of ether oxygens (including phenoxy) is 4. The molecule has 0 aromatic rings. The first kappa shape index (κ1) is 90.1. The largest absolute Gasteiger partial charge is 0.472 e. The van der Waals surface area contributed by atoms with Crippen LogP contribution in [0.2, 0.25) is 0 Å². The van der Waals surface area contributed by atoms with E-state index in [0.717, 1.165) is 108 Å². The number of aliphatic hydroxyl groups is 1. The Balaban J connectivity index is 5.22. The zero-order valence-corrected chi connectivity index (χ0v) is 61.8. The van der Waals surface area contributed by atoms with Gasteiger partial charge >= 0.3 is 39.5 Å². The van der Waals surface area contributed by atoms with Gasteiger partial charge in [0.1, 0.15) is 19.3 Å². The van der Waals surface area contributed by atoms with E-state index in [0.29, 0.717) is 31.6 Å². The van der Waals surface area contributed by atoms with E-state index in [1.807, 2.05) is 0 Å². The van der Waals surface area contributed by atoms with E-state index in [1.165, 1.54) is 173 Å². The Morgan fingerprint density at radius 2 is 0.554 bits per heavy atom. The van der Waals surface area contributed by atoms with Crippen LogP contribution in [0.25, 0.3) is 0 Å². The Labute approximate surface area is 562 Å². The number of unbranched alkanes of at least 4 members (excludes halogenated alkanes) is 38. The fraction of sp³-hybridized carbons (Fsp3) is 0.945. The van der Waals surface area contributed by atoms with E-state index in [4.69, 9.17) is 37.0 Å². The van der Waals surface area contributed by atoms with Crippen LogP contribution in [0.3, 0.4) is 0 Å². The molecule has 0 amide bonds. The first-order valence-electron chi connectivity index (χ1n) is 37.9. The molecular formula is C73H142O17P2. The molecule has 0 aliphatic carbocycles. The van der Waals surface area contributed by atoms with Gasteiger partial charge in [0, 0.05) is 25.7 Å². The van der Waals surface area contributed by atoms with Gasteiger partial charge in [-0.15, -0.1) is 0 Å². The maximum atomic E-state index is 13.0. The number of carbonyl (C=O) groups is 4. The van der Waals surface area contributed by atoms with Crippen LogP contribution in [0.4, 0.5) is 0 Å². The summed E-state index contributed by atoms with van der Waals surface area (Å²) in [4.78, 5) is 72.6. The third-order valence-corrected chi connectivity index (χ3v) is 19.1. The lowest BCUT2D eigenvalue weighted by Gasteiger charge is -2.21. The van der Waals surface area contributed by atoms with Crippen LogP contribution in [0.15, 0.2) is 0 Å². The molecule has 0 heterocycles. The van der Waals surface area contributed by atoms with Crippen LogP contribution in [-0.4, -0.2) is 96.7 Å². The van der Waals surface area contributed by atoms with E-state index in [2.05, 4.69) is 48.5 Å². The van der Waals surface area contributed by atoms with Crippen LogP contribution in [-0.2, 0) is 65.4 Å². The lowest BCUT2D eigenvalue weighted by molar-refractivity contribution is -0.161. The molecule has 19 heteroatoms. The van der Waals surface area contributed by atoms with Crippen molar-refractivity contribution in [1.82, 2.24) is 0 Å². The minimum Gasteiger partial charge on any atom is -0.462 e.